The number of carbonyl (C=O) groups is 2. The fourth-order valence-electron chi connectivity index (χ4n) is 2.62. The van der Waals surface area contributed by atoms with Gasteiger partial charge in [0.05, 0.1) is 17.4 Å². The van der Waals surface area contributed by atoms with E-state index in [1.54, 1.807) is 0 Å². The first-order chi connectivity index (χ1) is 13.1. The molecule has 2 N–H and O–H groups in total. The van der Waals surface area contributed by atoms with Crippen LogP contribution in [-0.2, 0) is 11.2 Å². The number of carboxylic acid groups (broad SMARTS) is 1. The summed E-state index contributed by atoms with van der Waals surface area (Å²) >= 11 is 5.79. The van der Waals surface area contributed by atoms with Crippen molar-refractivity contribution in [2.75, 3.05) is 0 Å². The third-order valence-corrected chi connectivity index (χ3v) is 3.85. The Labute approximate surface area is 148 Å². The third-order valence-electron chi connectivity index (χ3n) is 3.66. The average Bonchev–Trinajstić information content (AvgIpc) is 2.89. The minimum absolute atomic E-state index is 0.112. The lowest BCUT2D eigenvalue weighted by molar-refractivity contribution is -0.136. The molecule has 0 spiro atoms. The Morgan fingerprint density at radius 2 is 1.92 bits per heavy atom. The number of hydrogen-bond donors (Lipinski definition) is 2. The summed E-state index contributed by atoms with van der Waals surface area (Å²) < 4.78 is 32.9. The molecule has 6 heteroatoms. The maximum atomic E-state index is 13.2. The summed E-state index contributed by atoms with van der Waals surface area (Å²) in [6, 6.07) is 1.83. The molecular weight excluding hydrogens is 330 g/mol. The van der Waals surface area contributed by atoms with Crippen LogP contribution in [0.3, 0.4) is 0 Å². The van der Waals surface area contributed by atoms with E-state index in [0.29, 0.717) is 10.9 Å². The number of rotatable bonds is 3. The maximum absolute atomic E-state index is 13.2. The Hall–Kier alpha value is -2.79. The van der Waals surface area contributed by atoms with Crippen LogP contribution in [-0.4, -0.2) is 26.7 Å². The molecule has 0 radical (unpaired) electrons. The molecule has 0 fully saturated rings. The molecular formula is C18H14ClNO4. The number of benzene rings is 2. The van der Waals surface area contributed by atoms with Gasteiger partial charge in [-0.25, -0.2) is 0 Å². The van der Waals surface area contributed by atoms with Gasteiger partial charge in [-0.3, -0.25) is 14.2 Å². The molecule has 2 aromatic carbocycles. The summed E-state index contributed by atoms with van der Waals surface area (Å²) in [5.41, 5.74) is 0.369. The minimum atomic E-state index is -1.13. The summed E-state index contributed by atoms with van der Waals surface area (Å²) in [5.74, 6) is -2.09. The highest BCUT2D eigenvalue weighted by Gasteiger charge is 2.21. The van der Waals surface area contributed by atoms with Gasteiger partial charge in [0.15, 0.2) is 0 Å². The summed E-state index contributed by atoms with van der Waals surface area (Å²) in [4.78, 5) is 24.5. The Balaban J connectivity index is 2.36. The van der Waals surface area contributed by atoms with Crippen molar-refractivity contribution in [3.8, 4) is 5.75 Å². The van der Waals surface area contributed by atoms with Gasteiger partial charge < -0.3 is 10.2 Å². The minimum Gasteiger partial charge on any atom is -0.508 e. The SMILES string of the molecule is [2H]c1c([2H])c(C(=O)n2c(C)c(CC(=O)O)c3cc(O)ccc32)c([2H])c([2H])c1Cl. The van der Waals surface area contributed by atoms with Gasteiger partial charge >= 0.3 is 5.97 Å². The molecule has 24 heavy (non-hydrogen) atoms. The lowest BCUT2D eigenvalue weighted by atomic mass is 10.1. The molecule has 0 aliphatic rings. The van der Waals surface area contributed by atoms with Crippen LogP contribution < -0.4 is 0 Å². The molecule has 0 aliphatic heterocycles. The first-order valence-corrected chi connectivity index (χ1v) is 7.29. The lowest BCUT2D eigenvalue weighted by Gasteiger charge is -2.07. The smallest absolute Gasteiger partial charge is 0.307 e. The van der Waals surface area contributed by atoms with Crippen LogP contribution in [0.25, 0.3) is 10.9 Å². The maximum Gasteiger partial charge on any atom is 0.307 e. The normalized spacial score (nSPS) is 13.2. The molecule has 0 saturated carbocycles. The molecule has 3 rings (SSSR count). The van der Waals surface area contributed by atoms with Crippen LogP contribution in [0.5, 0.6) is 5.75 Å². The van der Waals surface area contributed by atoms with E-state index in [4.69, 9.17) is 17.1 Å². The number of aliphatic carboxylic acids is 1. The Bertz CT molecular complexity index is 1140. The van der Waals surface area contributed by atoms with Gasteiger partial charge in [-0.2, -0.15) is 0 Å². The highest BCUT2D eigenvalue weighted by molar-refractivity contribution is 6.30. The van der Waals surface area contributed by atoms with Crippen molar-refractivity contribution in [1.29, 1.82) is 0 Å². The van der Waals surface area contributed by atoms with E-state index in [9.17, 15) is 19.8 Å². The summed E-state index contributed by atoms with van der Waals surface area (Å²) in [6.07, 6.45) is -0.401. The number of nitrogens with zero attached hydrogens (tertiary/aromatic N) is 1. The van der Waals surface area contributed by atoms with Crippen molar-refractivity contribution in [2.45, 2.75) is 13.3 Å². The van der Waals surface area contributed by atoms with Gasteiger partial charge in [-0.05, 0) is 54.9 Å². The van der Waals surface area contributed by atoms with Crippen LogP contribution >= 0.6 is 11.6 Å². The Kier molecular flexibility index (Phi) is 2.93. The molecule has 0 amide bonds. The number of aromatic hydroxyl groups is 1. The predicted octanol–water partition coefficient (Wildman–Crippen LogP) is 3.62. The van der Waals surface area contributed by atoms with E-state index >= 15 is 0 Å². The molecule has 0 aliphatic carbocycles. The molecule has 122 valence electrons. The van der Waals surface area contributed by atoms with Crippen molar-refractivity contribution in [1.82, 2.24) is 4.57 Å². The van der Waals surface area contributed by atoms with Crippen molar-refractivity contribution < 1.29 is 25.3 Å². The van der Waals surface area contributed by atoms with Gasteiger partial charge in [-0.15, -0.1) is 0 Å². The monoisotopic (exact) mass is 347 g/mol. The van der Waals surface area contributed by atoms with Crippen molar-refractivity contribution >= 4 is 34.4 Å². The zero-order chi connectivity index (χ0) is 20.9. The average molecular weight is 348 g/mol. The fourth-order valence-corrected chi connectivity index (χ4v) is 2.72. The Morgan fingerprint density at radius 1 is 1.25 bits per heavy atom. The Morgan fingerprint density at radius 3 is 2.54 bits per heavy atom. The summed E-state index contributed by atoms with van der Waals surface area (Å²) in [6.45, 7) is 1.51. The second-order valence-corrected chi connectivity index (χ2v) is 5.54. The van der Waals surface area contributed by atoms with Crippen LogP contribution in [0.4, 0.5) is 0 Å². The number of phenols is 1. The van der Waals surface area contributed by atoms with Crippen molar-refractivity contribution in [2.24, 2.45) is 0 Å². The molecule has 0 saturated heterocycles. The second kappa shape index (κ2) is 6.02. The quantitative estimate of drug-likeness (QED) is 0.758. The number of carbonyl (C=O) groups excluding carboxylic acids is 1. The van der Waals surface area contributed by atoms with Crippen LogP contribution in [0.2, 0.25) is 5.02 Å². The van der Waals surface area contributed by atoms with Gasteiger partial charge in [-0.1, -0.05) is 11.6 Å². The zero-order valence-electron chi connectivity index (χ0n) is 16.5. The van der Waals surface area contributed by atoms with E-state index in [0.717, 1.165) is 4.57 Å². The van der Waals surface area contributed by atoms with Crippen LogP contribution in [0, 0.1) is 6.92 Å². The van der Waals surface area contributed by atoms with E-state index in [1.165, 1.54) is 25.1 Å². The topological polar surface area (TPSA) is 79.5 Å². The van der Waals surface area contributed by atoms with E-state index in [2.05, 4.69) is 0 Å². The van der Waals surface area contributed by atoms with E-state index < -0.39 is 53.1 Å². The van der Waals surface area contributed by atoms with Crippen molar-refractivity contribution in [3.63, 3.8) is 0 Å². The molecule has 1 heterocycles. The number of carboxylic acids is 1. The zero-order valence-corrected chi connectivity index (χ0v) is 13.2. The highest BCUT2D eigenvalue weighted by Crippen LogP contribution is 2.30. The van der Waals surface area contributed by atoms with Crippen LogP contribution in [0.15, 0.2) is 42.4 Å². The molecule has 0 bridgehead atoms. The number of halogens is 1. The van der Waals surface area contributed by atoms with Crippen molar-refractivity contribution in [3.05, 3.63) is 64.2 Å². The number of fused-ring (bicyclic) bond motifs is 1. The molecule has 0 unspecified atom stereocenters. The standard InChI is InChI=1S/C18H14ClNO4/c1-10-14(9-17(22)23)15-8-13(21)6-7-16(15)20(10)18(24)11-2-4-12(19)5-3-11/h2-8,21H,9H2,1H3,(H,22,23)/i2D,3D,4D,5D. The second-order valence-electron chi connectivity index (χ2n) is 5.17. The largest absolute Gasteiger partial charge is 0.508 e. The fraction of sp³-hybridized carbons (Fsp3) is 0.111. The third kappa shape index (κ3) is 2.74. The lowest BCUT2D eigenvalue weighted by Crippen LogP contribution is -2.14. The number of hydrogen-bond acceptors (Lipinski definition) is 3. The van der Waals surface area contributed by atoms with Gasteiger partial charge in [0.2, 0.25) is 0 Å². The molecule has 5 nitrogen and oxygen atoms in total. The van der Waals surface area contributed by atoms with E-state index in [1.807, 2.05) is 0 Å². The summed E-state index contributed by atoms with van der Waals surface area (Å²) in [5, 5.41) is 18.9. The number of phenolic OH excluding ortho intramolecular Hbond substituents is 1. The first kappa shape index (κ1) is 11.7. The van der Waals surface area contributed by atoms with Crippen LogP contribution in [0.1, 0.15) is 27.1 Å². The van der Waals surface area contributed by atoms with Gasteiger partial charge in [0.1, 0.15) is 5.75 Å². The molecule has 3 aromatic rings. The van der Waals surface area contributed by atoms with Gasteiger partial charge in [0.25, 0.3) is 5.91 Å². The van der Waals surface area contributed by atoms with Gasteiger partial charge in [0, 0.05) is 21.7 Å². The number of aromatic nitrogens is 1. The van der Waals surface area contributed by atoms with E-state index in [-0.39, 0.29) is 17.0 Å². The molecule has 0 atom stereocenters. The first-order valence-electron chi connectivity index (χ1n) is 8.91. The highest BCUT2D eigenvalue weighted by atomic mass is 35.5. The molecule has 1 aromatic heterocycles. The predicted molar refractivity (Wildman–Crippen MR) is 90.9 cm³/mol. The summed E-state index contributed by atoms with van der Waals surface area (Å²) in [7, 11) is 0.